The number of hydrogen-bond donors (Lipinski definition) is 2. The summed E-state index contributed by atoms with van der Waals surface area (Å²) in [5.41, 5.74) is 6.09. The summed E-state index contributed by atoms with van der Waals surface area (Å²) < 4.78 is 27.8. The molecule has 0 bridgehead atoms. The van der Waals surface area contributed by atoms with E-state index >= 15 is 0 Å². The standard InChI is InChI=1S/C12H14BrN3O2S2/c1-7-6-15-12(19-7)8(2)16-20(17,18)9-3-4-10(13)11(14)5-9/h3-6,8,16H,14H2,1-2H3. The summed E-state index contributed by atoms with van der Waals surface area (Å²) in [6.07, 6.45) is 1.72. The van der Waals surface area contributed by atoms with Crippen LogP contribution in [0.25, 0.3) is 0 Å². The van der Waals surface area contributed by atoms with Gasteiger partial charge >= 0.3 is 0 Å². The average molecular weight is 376 g/mol. The van der Waals surface area contributed by atoms with Crippen LogP contribution in [-0.4, -0.2) is 13.4 Å². The van der Waals surface area contributed by atoms with Gasteiger partial charge in [0.1, 0.15) is 5.01 Å². The van der Waals surface area contributed by atoms with E-state index in [1.807, 2.05) is 6.92 Å². The van der Waals surface area contributed by atoms with Gasteiger partial charge in [0.25, 0.3) is 0 Å². The highest BCUT2D eigenvalue weighted by molar-refractivity contribution is 9.10. The Hall–Kier alpha value is -0.960. The molecule has 0 amide bonds. The molecule has 0 aliphatic carbocycles. The van der Waals surface area contributed by atoms with Gasteiger partial charge in [0, 0.05) is 21.2 Å². The van der Waals surface area contributed by atoms with Crippen LogP contribution in [0.4, 0.5) is 5.69 Å². The topological polar surface area (TPSA) is 85.1 Å². The van der Waals surface area contributed by atoms with Gasteiger partial charge in [-0.3, -0.25) is 0 Å². The third-order valence-corrected chi connectivity index (χ3v) is 5.98. The molecule has 0 saturated carbocycles. The molecule has 0 spiro atoms. The first kappa shape index (κ1) is 15.4. The number of rotatable bonds is 4. The number of aryl methyl sites for hydroxylation is 1. The van der Waals surface area contributed by atoms with Crippen LogP contribution in [0.1, 0.15) is 22.9 Å². The maximum atomic E-state index is 12.3. The molecule has 3 N–H and O–H groups in total. The Morgan fingerprint density at radius 1 is 1.45 bits per heavy atom. The second kappa shape index (κ2) is 5.80. The van der Waals surface area contributed by atoms with Crippen molar-refractivity contribution in [1.82, 2.24) is 9.71 Å². The number of aromatic nitrogens is 1. The van der Waals surface area contributed by atoms with Gasteiger partial charge in [-0.15, -0.1) is 11.3 Å². The fraction of sp³-hybridized carbons (Fsp3) is 0.250. The van der Waals surface area contributed by atoms with E-state index in [0.29, 0.717) is 10.2 Å². The van der Waals surface area contributed by atoms with Crippen molar-refractivity contribution < 1.29 is 8.42 Å². The Morgan fingerprint density at radius 2 is 2.15 bits per heavy atom. The first-order valence-electron chi connectivity index (χ1n) is 5.79. The number of hydrogen-bond acceptors (Lipinski definition) is 5. The van der Waals surface area contributed by atoms with Crippen molar-refractivity contribution in [3.63, 3.8) is 0 Å². The second-order valence-electron chi connectivity index (χ2n) is 4.34. The Bertz CT molecular complexity index is 728. The van der Waals surface area contributed by atoms with Crippen molar-refractivity contribution >= 4 is 43.0 Å². The van der Waals surface area contributed by atoms with Gasteiger partial charge in [-0.2, -0.15) is 0 Å². The van der Waals surface area contributed by atoms with Crippen molar-refractivity contribution in [2.45, 2.75) is 24.8 Å². The number of nitrogen functional groups attached to an aromatic ring is 1. The lowest BCUT2D eigenvalue weighted by Gasteiger charge is -2.12. The molecule has 2 aromatic rings. The minimum Gasteiger partial charge on any atom is -0.398 e. The van der Waals surface area contributed by atoms with Gasteiger partial charge in [0.2, 0.25) is 10.0 Å². The maximum Gasteiger partial charge on any atom is 0.241 e. The first-order valence-corrected chi connectivity index (χ1v) is 8.88. The van der Waals surface area contributed by atoms with Gasteiger partial charge in [0.15, 0.2) is 0 Å². The molecule has 20 heavy (non-hydrogen) atoms. The summed E-state index contributed by atoms with van der Waals surface area (Å²) in [5, 5.41) is 0.733. The minimum atomic E-state index is -3.62. The zero-order valence-electron chi connectivity index (χ0n) is 10.9. The lowest BCUT2D eigenvalue weighted by Crippen LogP contribution is -2.26. The summed E-state index contributed by atoms with van der Waals surface area (Å²) in [5.74, 6) is 0. The summed E-state index contributed by atoms with van der Waals surface area (Å²) in [7, 11) is -3.62. The van der Waals surface area contributed by atoms with Crippen molar-refractivity contribution in [2.24, 2.45) is 0 Å². The van der Waals surface area contributed by atoms with Crippen LogP contribution in [-0.2, 0) is 10.0 Å². The van der Waals surface area contributed by atoms with E-state index in [-0.39, 0.29) is 10.9 Å². The molecule has 2 rings (SSSR count). The van der Waals surface area contributed by atoms with E-state index < -0.39 is 10.0 Å². The van der Waals surface area contributed by atoms with Crippen LogP contribution in [0.5, 0.6) is 0 Å². The van der Waals surface area contributed by atoms with E-state index in [4.69, 9.17) is 5.73 Å². The molecule has 1 aromatic heterocycles. The number of nitrogens with two attached hydrogens (primary N) is 1. The predicted molar refractivity (Wildman–Crippen MR) is 84.1 cm³/mol. The molecular formula is C12H14BrN3O2S2. The molecule has 5 nitrogen and oxygen atoms in total. The number of sulfonamides is 1. The fourth-order valence-electron chi connectivity index (χ4n) is 1.61. The van der Waals surface area contributed by atoms with Crippen LogP contribution >= 0.6 is 27.3 Å². The minimum absolute atomic E-state index is 0.137. The number of halogens is 1. The Morgan fingerprint density at radius 3 is 2.70 bits per heavy atom. The smallest absolute Gasteiger partial charge is 0.241 e. The molecule has 1 atom stereocenters. The van der Waals surface area contributed by atoms with Gasteiger partial charge in [0.05, 0.1) is 10.9 Å². The molecule has 0 aliphatic heterocycles. The Labute approximate surface area is 130 Å². The second-order valence-corrected chi connectivity index (χ2v) is 8.17. The normalized spacial score (nSPS) is 13.3. The molecule has 0 saturated heterocycles. The number of thiazole rings is 1. The SMILES string of the molecule is Cc1cnc(C(C)NS(=O)(=O)c2ccc(Br)c(N)c2)s1. The van der Waals surface area contributed by atoms with Crippen molar-refractivity contribution in [2.75, 3.05) is 5.73 Å². The molecule has 0 fully saturated rings. The number of nitrogens with one attached hydrogen (secondary N) is 1. The Kier molecular flexibility index (Phi) is 4.48. The molecule has 1 aromatic carbocycles. The highest BCUT2D eigenvalue weighted by atomic mass is 79.9. The maximum absolute atomic E-state index is 12.3. The fourth-order valence-corrected chi connectivity index (χ4v) is 3.95. The molecule has 8 heteroatoms. The summed E-state index contributed by atoms with van der Waals surface area (Å²) in [4.78, 5) is 5.36. The summed E-state index contributed by atoms with van der Waals surface area (Å²) in [6, 6.07) is 4.15. The molecule has 0 aliphatic rings. The monoisotopic (exact) mass is 375 g/mol. The predicted octanol–water partition coefficient (Wildman–Crippen LogP) is 2.84. The van der Waals surface area contributed by atoms with Crippen LogP contribution in [0.15, 0.2) is 33.8 Å². The molecular weight excluding hydrogens is 362 g/mol. The van der Waals surface area contributed by atoms with Crippen molar-refractivity contribution in [3.8, 4) is 0 Å². The van der Waals surface area contributed by atoms with Crippen LogP contribution in [0.2, 0.25) is 0 Å². The van der Waals surface area contributed by atoms with Crippen molar-refractivity contribution in [1.29, 1.82) is 0 Å². The molecule has 1 heterocycles. The highest BCUT2D eigenvalue weighted by Crippen LogP contribution is 2.25. The van der Waals surface area contributed by atoms with E-state index in [1.54, 1.807) is 19.2 Å². The van der Waals surface area contributed by atoms with E-state index in [1.165, 1.54) is 23.5 Å². The van der Waals surface area contributed by atoms with Crippen molar-refractivity contribution in [3.05, 3.63) is 38.8 Å². The van der Waals surface area contributed by atoms with Crippen LogP contribution in [0, 0.1) is 6.92 Å². The summed E-state index contributed by atoms with van der Waals surface area (Å²) >= 11 is 4.70. The highest BCUT2D eigenvalue weighted by Gasteiger charge is 2.20. The molecule has 1 unspecified atom stereocenters. The van der Waals surface area contributed by atoms with E-state index in [2.05, 4.69) is 25.6 Å². The number of anilines is 1. The number of nitrogens with zero attached hydrogens (tertiary/aromatic N) is 1. The van der Waals surface area contributed by atoms with Gasteiger partial charge < -0.3 is 5.73 Å². The zero-order chi connectivity index (χ0) is 14.9. The lowest BCUT2D eigenvalue weighted by molar-refractivity contribution is 0.566. The summed E-state index contributed by atoms with van der Waals surface area (Å²) in [6.45, 7) is 3.69. The van der Waals surface area contributed by atoms with Gasteiger partial charge in [-0.1, -0.05) is 0 Å². The average Bonchev–Trinajstić information content (AvgIpc) is 2.79. The third kappa shape index (κ3) is 3.38. The lowest BCUT2D eigenvalue weighted by atomic mass is 10.3. The van der Waals surface area contributed by atoms with E-state index in [9.17, 15) is 8.42 Å². The quantitative estimate of drug-likeness (QED) is 0.804. The van der Waals surface area contributed by atoms with Crippen LogP contribution in [0.3, 0.4) is 0 Å². The molecule has 108 valence electrons. The van der Waals surface area contributed by atoms with Gasteiger partial charge in [-0.05, 0) is 48.0 Å². The van der Waals surface area contributed by atoms with Gasteiger partial charge in [-0.25, -0.2) is 18.1 Å². The Balaban J connectivity index is 2.24. The largest absolute Gasteiger partial charge is 0.398 e. The van der Waals surface area contributed by atoms with E-state index in [0.717, 1.165) is 9.88 Å². The molecule has 0 radical (unpaired) electrons. The van der Waals surface area contributed by atoms with Crippen LogP contribution < -0.4 is 10.5 Å². The third-order valence-electron chi connectivity index (χ3n) is 2.62. The zero-order valence-corrected chi connectivity index (χ0v) is 14.1. The number of benzene rings is 1. The first-order chi connectivity index (χ1) is 9.29.